The second kappa shape index (κ2) is 4.72. The molecule has 0 bridgehead atoms. The van der Waals surface area contributed by atoms with E-state index in [0.717, 1.165) is 28.8 Å². The number of nitrogens with two attached hydrogens (primary N) is 1. The van der Waals surface area contributed by atoms with Gasteiger partial charge in [-0.2, -0.15) is 0 Å². The molecule has 0 aliphatic carbocycles. The first-order valence-electron chi connectivity index (χ1n) is 6.22. The van der Waals surface area contributed by atoms with Crippen molar-refractivity contribution in [3.05, 3.63) is 41.7 Å². The monoisotopic (exact) mass is 253 g/mol. The van der Waals surface area contributed by atoms with Gasteiger partial charge in [0.05, 0.1) is 6.61 Å². The van der Waals surface area contributed by atoms with E-state index in [2.05, 4.69) is 22.1 Å². The van der Waals surface area contributed by atoms with E-state index >= 15 is 0 Å². The van der Waals surface area contributed by atoms with Gasteiger partial charge in [-0.3, -0.25) is 4.99 Å². The van der Waals surface area contributed by atoms with Gasteiger partial charge in [-0.25, -0.2) is 4.98 Å². The van der Waals surface area contributed by atoms with Crippen LogP contribution in [0.2, 0.25) is 0 Å². The van der Waals surface area contributed by atoms with E-state index in [1.807, 2.05) is 12.3 Å². The van der Waals surface area contributed by atoms with Crippen LogP contribution in [0.1, 0.15) is 11.1 Å². The number of nitrogens with zero attached hydrogens (tertiary/aromatic N) is 2. The van der Waals surface area contributed by atoms with Crippen molar-refractivity contribution >= 4 is 22.6 Å². The number of pyridine rings is 1. The van der Waals surface area contributed by atoms with E-state index in [-0.39, 0.29) is 0 Å². The van der Waals surface area contributed by atoms with Gasteiger partial charge in [0.15, 0.2) is 0 Å². The highest BCUT2D eigenvalue weighted by atomic mass is 16.5. The molecule has 2 aromatic rings. The Morgan fingerprint density at radius 1 is 1.47 bits per heavy atom. The highest BCUT2D eigenvalue weighted by Crippen LogP contribution is 2.31. The Kier molecular flexibility index (Phi) is 2.91. The van der Waals surface area contributed by atoms with E-state index in [4.69, 9.17) is 10.5 Å². The number of aliphatic imine (C=N–C) groups is 1. The maximum Gasteiger partial charge on any atom is 0.217 e. The number of allylic oxidation sites excluding steroid dienone is 1. The van der Waals surface area contributed by atoms with Crippen molar-refractivity contribution in [3.63, 3.8) is 0 Å². The van der Waals surface area contributed by atoms with E-state index < -0.39 is 0 Å². The van der Waals surface area contributed by atoms with Crippen molar-refractivity contribution < 1.29 is 4.74 Å². The first kappa shape index (κ1) is 11.7. The molecule has 0 atom stereocenters. The lowest BCUT2D eigenvalue weighted by molar-refractivity contribution is 0.345. The number of aromatic nitrogens is 1. The Morgan fingerprint density at radius 2 is 2.37 bits per heavy atom. The predicted molar refractivity (Wildman–Crippen MR) is 77.5 cm³/mol. The normalized spacial score (nSPS) is 14.9. The van der Waals surface area contributed by atoms with Gasteiger partial charge in [-0.05, 0) is 17.0 Å². The summed E-state index contributed by atoms with van der Waals surface area (Å²) in [4.78, 5) is 8.36. The van der Waals surface area contributed by atoms with E-state index in [1.54, 1.807) is 19.5 Å². The molecule has 4 heteroatoms. The smallest absolute Gasteiger partial charge is 0.217 e. The number of hydrogen-bond acceptors (Lipinski definition) is 4. The first-order valence-corrected chi connectivity index (χ1v) is 6.22. The van der Waals surface area contributed by atoms with Gasteiger partial charge in [-0.1, -0.05) is 12.1 Å². The van der Waals surface area contributed by atoms with Crippen molar-refractivity contribution in [2.24, 2.45) is 10.7 Å². The average molecular weight is 253 g/mol. The zero-order valence-corrected chi connectivity index (χ0v) is 10.8. The van der Waals surface area contributed by atoms with Gasteiger partial charge in [0.1, 0.15) is 0 Å². The summed E-state index contributed by atoms with van der Waals surface area (Å²) in [6.07, 6.45) is 6.10. The Bertz CT molecular complexity index is 689. The molecule has 1 aliphatic heterocycles. The van der Waals surface area contributed by atoms with Gasteiger partial charge in [0.25, 0.3) is 0 Å². The van der Waals surface area contributed by atoms with Crippen LogP contribution in [0.5, 0.6) is 5.88 Å². The Labute approximate surface area is 111 Å². The van der Waals surface area contributed by atoms with Crippen LogP contribution in [0.3, 0.4) is 0 Å². The number of rotatable bonds is 2. The zero-order valence-electron chi connectivity index (χ0n) is 10.8. The SMILES string of the molecule is CN=C/C(=C\N)c1ccc2cnc3c(c2c1)CCO3. The maximum absolute atomic E-state index is 5.66. The average Bonchev–Trinajstić information content (AvgIpc) is 2.93. The number of hydrogen-bond donors (Lipinski definition) is 1. The molecule has 0 unspecified atom stereocenters. The lowest BCUT2D eigenvalue weighted by Crippen LogP contribution is -1.93. The number of benzene rings is 1. The van der Waals surface area contributed by atoms with Crippen LogP contribution >= 0.6 is 0 Å². The third-order valence-electron chi connectivity index (χ3n) is 3.33. The minimum Gasteiger partial charge on any atom is -0.477 e. The molecular weight excluding hydrogens is 238 g/mol. The van der Waals surface area contributed by atoms with Gasteiger partial charge >= 0.3 is 0 Å². The fourth-order valence-corrected chi connectivity index (χ4v) is 2.40. The van der Waals surface area contributed by atoms with Crippen LogP contribution in [-0.2, 0) is 6.42 Å². The number of fused-ring (bicyclic) bond motifs is 3. The largest absolute Gasteiger partial charge is 0.477 e. The summed E-state index contributed by atoms with van der Waals surface area (Å²) < 4.78 is 5.50. The van der Waals surface area contributed by atoms with Crippen molar-refractivity contribution in [3.8, 4) is 5.88 Å². The van der Waals surface area contributed by atoms with Crippen LogP contribution in [0, 0.1) is 0 Å². The summed E-state index contributed by atoms with van der Waals surface area (Å²) in [5, 5.41) is 2.31. The second-order valence-corrected chi connectivity index (χ2v) is 4.45. The molecule has 0 radical (unpaired) electrons. The van der Waals surface area contributed by atoms with Gasteiger partial charge in [-0.15, -0.1) is 0 Å². The van der Waals surface area contributed by atoms with Crippen LogP contribution in [-0.4, -0.2) is 24.9 Å². The lowest BCUT2D eigenvalue weighted by Gasteiger charge is -2.07. The standard InChI is InChI=1S/C15H15N3O/c1-17-8-12(7-16)10-2-3-11-9-18-15-13(4-5-19-15)14(11)6-10/h2-3,6-9H,4-5,16H2,1H3/b12-7+,17-8?. The summed E-state index contributed by atoms with van der Waals surface area (Å²) in [5.74, 6) is 0.757. The minimum atomic E-state index is 0.710. The highest BCUT2D eigenvalue weighted by Gasteiger charge is 2.17. The Balaban J connectivity index is 2.20. The first-order chi connectivity index (χ1) is 9.33. The molecule has 19 heavy (non-hydrogen) atoms. The molecule has 0 saturated heterocycles. The topological polar surface area (TPSA) is 60.5 Å². The molecule has 0 saturated carbocycles. The van der Waals surface area contributed by atoms with Gasteiger partial charge < -0.3 is 10.5 Å². The van der Waals surface area contributed by atoms with E-state index in [0.29, 0.717) is 6.61 Å². The van der Waals surface area contributed by atoms with Crippen molar-refractivity contribution in [1.82, 2.24) is 4.98 Å². The van der Waals surface area contributed by atoms with Crippen LogP contribution in [0.15, 0.2) is 35.6 Å². The Hall–Kier alpha value is -2.36. The molecule has 3 rings (SSSR count). The summed E-state index contributed by atoms with van der Waals surface area (Å²) in [6.45, 7) is 0.710. The fourth-order valence-electron chi connectivity index (χ4n) is 2.40. The molecule has 1 aromatic heterocycles. The van der Waals surface area contributed by atoms with Crippen LogP contribution in [0.4, 0.5) is 0 Å². The quantitative estimate of drug-likeness (QED) is 0.834. The molecule has 2 heterocycles. The van der Waals surface area contributed by atoms with Crippen molar-refractivity contribution in [2.75, 3.05) is 13.7 Å². The third-order valence-corrected chi connectivity index (χ3v) is 3.33. The van der Waals surface area contributed by atoms with Crippen LogP contribution < -0.4 is 10.5 Å². The summed E-state index contributed by atoms with van der Waals surface area (Å²) in [6, 6.07) is 6.22. The zero-order chi connectivity index (χ0) is 13.2. The summed E-state index contributed by atoms with van der Waals surface area (Å²) >= 11 is 0. The molecule has 0 fully saturated rings. The molecule has 0 amide bonds. The summed E-state index contributed by atoms with van der Waals surface area (Å²) in [7, 11) is 1.74. The Morgan fingerprint density at radius 3 is 3.16 bits per heavy atom. The molecular formula is C15H15N3O. The number of ether oxygens (including phenoxy) is 1. The molecule has 1 aromatic carbocycles. The van der Waals surface area contributed by atoms with Crippen molar-refractivity contribution in [1.29, 1.82) is 0 Å². The molecule has 1 aliphatic rings. The fraction of sp³-hybridized carbons (Fsp3) is 0.200. The maximum atomic E-state index is 5.66. The summed E-state index contributed by atoms with van der Waals surface area (Å²) in [5.41, 5.74) is 8.81. The molecule has 96 valence electrons. The highest BCUT2D eigenvalue weighted by molar-refractivity contribution is 6.10. The minimum absolute atomic E-state index is 0.710. The second-order valence-electron chi connectivity index (χ2n) is 4.45. The van der Waals surface area contributed by atoms with E-state index in [1.165, 1.54) is 10.9 Å². The molecule has 0 spiro atoms. The van der Waals surface area contributed by atoms with Crippen molar-refractivity contribution in [2.45, 2.75) is 6.42 Å². The molecule has 4 nitrogen and oxygen atoms in total. The van der Waals surface area contributed by atoms with E-state index in [9.17, 15) is 0 Å². The van der Waals surface area contributed by atoms with Crippen LogP contribution in [0.25, 0.3) is 16.3 Å². The van der Waals surface area contributed by atoms with Gasteiger partial charge in [0.2, 0.25) is 5.88 Å². The van der Waals surface area contributed by atoms with Gasteiger partial charge in [0, 0.05) is 48.6 Å². The molecule has 2 N–H and O–H groups in total. The third kappa shape index (κ3) is 1.95. The lowest BCUT2D eigenvalue weighted by atomic mass is 10.00. The predicted octanol–water partition coefficient (Wildman–Crippen LogP) is 2.17.